The minimum Gasteiger partial charge on any atom is -0.379 e. The molecule has 0 aliphatic carbocycles. The quantitative estimate of drug-likeness (QED) is 0.161. The molecule has 0 fully saturated rings. The van der Waals surface area contributed by atoms with Gasteiger partial charge in [-0.2, -0.15) is 0 Å². The fourth-order valence-electron chi connectivity index (χ4n) is 3.41. The number of amides is 1. The van der Waals surface area contributed by atoms with Crippen molar-refractivity contribution in [3.05, 3.63) is 53.9 Å². The number of nitrogens with zero attached hydrogens (tertiary/aromatic N) is 1. The number of carbonyl (C=O) groups is 4. The number of benzene rings is 1. The van der Waals surface area contributed by atoms with Crippen molar-refractivity contribution in [3.63, 3.8) is 0 Å². The predicted octanol–water partition coefficient (Wildman–Crippen LogP) is 5.26. The number of ketones is 3. The second-order valence-electron chi connectivity index (χ2n) is 10.7. The van der Waals surface area contributed by atoms with Crippen LogP contribution in [0, 0.1) is 24.7 Å². The molecule has 40 heavy (non-hydrogen) atoms. The van der Waals surface area contributed by atoms with Gasteiger partial charge in [-0.3, -0.25) is 24.2 Å². The zero-order valence-electron chi connectivity index (χ0n) is 25.1. The van der Waals surface area contributed by atoms with Crippen molar-refractivity contribution in [2.45, 2.75) is 67.3 Å². The molecule has 0 atom stereocenters. The number of hydrogen-bond donors (Lipinski definition) is 1. The maximum atomic E-state index is 11.8. The van der Waals surface area contributed by atoms with Crippen LogP contribution < -0.4 is 5.32 Å². The van der Waals surface area contributed by atoms with Crippen molar-refractivity contribution in [1.82, 2.24) is 10.3 Å². The summed E-state index contributed by atoms with van der Waals surface area (Å²) in [5.41, 5.74) is 3.94. The molecule has 0 saturated heterocycles. The van der Waals surface area contributed by atoms with Crippen molar-refractivity contribution in [3.8, 4) is 11.1 Å². The standard InChI is InChI=1S/C16H29NO5.C16H17NO/c1-12(2)15(19)5-7-21-9-14(17-11-18)10-22-8-6-16(20)13(3)4;1-11(2)16(18)14-8-6-13(7-9-14)15-5-4-12(3)17-10-15/h11-14H,5-10H2,1-4H3,(H,17,18);4-11H,1-3H3. The number of hydrogen-bond acceptors (Lipinski definition) is 7. The van der Waals surface area contributed by atoms with Crippen molar-refractivity contribution >= 4 is 23.8 Å². The summed E-state index contributed by atoms with van der Waals surface area (Å²) in [4.78, 5) is 49.5. The molecule has 1 aromatic heterocycles. The highest BCUT2D eigenvalue weighted by molar-refractivity contribution is 5.97. The molecule has 8 heteroatoms. The fraction of sp³-hybridized carbons (Fsp3) is 0.531. The minimum absolute atomic E-state index is 0.00863. The van der Waals surface area contributed by atoms with E-state index < -0.39 is 0 Å². The number of aryl methyl sites for hydroxylation is 1. The Labute approximate surface area is 239 Å². The van der Waals surface area contributed by atoms with Crippen molar-refractivity contribution in [2.75, 3.05) is 26.4 Å². The van der Waals surface area contributed by atoms with Gasteiger partial charge in [0.1, 0.15) is 11.6 Å². The Bertz CT molecular complexity index is 1020. The van der Waals surface area contributed by atoms with Gasteiger partial charge in [0.15, 0.2) is 5.78 Å². The van der Waals surface area contributed by atoms with Crippen molar-refractivity contribution < 1.29 is 28.7 Å². The lowest BCUT2D eigenvalue weighted by Gasteiger charge is -2.16. The van der Waals surface area contributed by atoms with E-state index in [1.807, 2.05) is 91.1 Å². The molecule has 0 radical (unpaired) electrons. The molecule has 1 N–H and O–H groups in total. The third-order valence-corrected chi connectivity index (χ3v) is 6.15. The molecular formula is C32H46N2O6. The van der Waals surface area contributed by atoms with Crippen molar-refractivity contribution in [1.29, 1.82) is 0 Å². The van der Waals surface area contributed by atoms with E-state index in [-0.39, 0.29) is 54.4 Å². The maximum absolute atomic E-state index is 11.8. The summed E-state index contributed by atoms with van der Waals surface area (Å²) in [6, 6.07) is 11.5. The maximum Gasteiger partial charge on any atom is 0.207 e. The average Bonchev–Trinajstić information content (AvgIpc) is 2.93. The first-order chi connectivity index (χ1) is 19.0. The van der Waals surface area contributed by atoms with E-state index in [0.29, 0.717) is 32.5 Å². The fourth-order valence-corrected chi connectivity index (χ4v) is 3.41. The number of nitrogens with one attached hydrogen (secondary N) is 1. The number of carbonyl (C=O) groups excluding carboxylic acids is 4. The van der Waals surface area contributed by atoms with Crippen LogP contribution in [0.3, 0.4) is 0 Å². The van der Waals surface area contributed by atoms with Crippen LogP contribution in [0.5, 0.6) is 0 Å². The van der Waals surface area contributed by atoms with Gasteiger partial charge in [0, 0.05) is 53.6 Å². The molecule has 220 valence electrons. The van der Waals surface area contributed by atoms with E-state index in [4.69, 9.17) is 9.47 Å². The smallest absolute Gasteiger partial charge is 0.207 e. The summed E-state index contributed by atoms with van der Waals surface area (Å²) < 4.78 is 10.8. The van der Waals surface area contributed by atoms with Gasteiger partial charge < -0.3 is 14.8 Å². The lowest BCUT2D eigenvalue weighted by atomic mass is 9.98. The number of aromatic nitrogens is 1. The molecule has 2 rings (SSSR count). The highest BCUT2D eigenvalue weighted by Crippen LogP contribution is 2.20. The van der Waals surface area contributed by atoms with Crippen LogP contribution in [-0.2, 0) is 23.9 Å². The first kappa shape index (κ1) is 34.8. The van der Waals surface area contributed by atoms with Crippen molar-refractivity contribution in [2.24, 2.45) is 17.8 Å². The Morgan fingerprint density at radius 2 is 1.27 bits per heavy atom. The van der Waals surface area contributed by atoms with Gasteiger partial charge in [0.05, 0.1) is 32.5 Å². The molecule has 0 unspecified atom stereocenters. The molecule has 0 bridgehead atoms. The Morgan fingerprint density at radius 3 is 1.68 bits per heavy atom. The minimum atomic E-state index is -0.277. The van der Waals surface area contributed by atoms with E-state index in [2.05, 4.69) is 10.3 Å². The Kier molecular flexibility index (Phi) is 16.5. The van der Waals surface area contributed by atoms with Gasteiger partial charge in [-0.15, -0.1) is 0 Å². The molecule has 0 spiro atoms. The SMILES string of the molecule is CC(C)C(=O)CCOCC(COCCC(=O)C(C)C)NC=O.Cc1ccc(-c2ccc(C(=O)C(C)C)cc2)cn1. The van der Waals surface area contributed by atoms with E-state index in [9.17, 15) is 19.2 Å². The average molecular weight is 555 g/mol. The monoisotopic (exact) mass is 554 g/mol. The van der Waals surface area contributed by atoms with Crippen LogP contribution in [0.1, 0.15) is 70.4 Å². The predicted molar refractivity (Wildman–Crippen MR) is 157 cm³/mol. The molecule has 0 saturated carbocycles. The lowest BCUT2D eigenvalue weighted by Crippen LogP contribution is -2.37. The topological polar surface area (TPSA) is 112 Å². The first-order valence-electron chi connectivity index (χ1n) is 13.9. The normalized spacial score (nSPS) is 11.0. The van der Waals surface area contributed by atoms with Gasteiger partial charge in [0.25, 0.3) is 0 Å². The van der Waals surface area contributed by atoms with Crippen LogP contribution in [0.4, 0.5) is 0 Å². The largest absolute Gasteiger partial charge is 0.379 e. The van der Waals surface area contributed by atoms with Crippen LogP contribution >= 0.6 is 0 Å². The second-order valence-corrected chi connectivity index (χ2v) is 10.7. The summed E-state index contributed by atoms with van der Waals surface area (Å²) in [5.74, 6) is 0.552. The van der Waals surface area contributed by atoms with Crippen LogP contribution in [0.25, 0.3) is 11.1 Å². The summed E-state index contributed by atoms with van der Waals surface area (Å²) in [6.45, 7) is 14.4. The molecule has 1 aromatic carbocycles. The number of Topliss-reactive ketones (excluding diaryl/α,β-unsaturated/α-hetero) is 3. The van der Waals surface area contributed by atoms with E-state index in [0.717, 1.165) is 22.4 Å². The molecular weight excluding hydrogens is 508 g/mol. The van der Waals surface area contributed by atoms with Crippen LogP contribution in [-0.4, -0.2) is 61.2 Å². The van der Waals surface area contributed by atoms with E-state index in [1.165, 1.54) is 0 Å². The van der Waals surface area contributed by atoms with E-state index >= 15 is 0 Å². The van der Waals surface area contributed by atoms with Gasteiger partial charge in [-0.25, -0.2) is 0 Å². The Morgan fingerprint density at radius 1 is 0.775 bits per heavy atom. The zero-order chi connectivity index (χ0) is 30.1. The Balaban J connectivity index is 0.000000406. The van der Waals surface area contributed by atoms with Gasteiger partial charge >= 0.3 is 0 Å². The summed E-state index contributed by atoms with van der Waals surface area (Å²) in [7, 11) is 0. The third kappa shape index (κ3) is 13.7. The van der Waals surface area contributed by atoms with Gasteiger partial charge in [-0.1, -0.05) is 71.9 Å². The second kappa shape index (κ2) is 19.0. The van der Waals surface area contributed by atoms with Gasteiger partial charge in [-0.05, 0) is 18.6 Å². The zero-order valence-corrected chi connectivity index (χ0v) is 25.1. The number of rotatable bonds is 17. The lowest BCUT2D eigenvalue weighted by molar-refractivity contribution is -0.123. The van der Waals surface area contributed by atoms with Crippen LogP contribution in [0.15, 0.2) is 42.6 Å². The summed E-state index contributed by atoms with van der Waals surface area (Å²) >= 11 is 0. The highest BCUT2D eigenvalue weighted by atomic mass is 16.5. The van der Waals surface area contributed by atoms with E-state index in [1.54, 1.807) is 0 Å². The molecule has 0 aliphatic heterocycles. The molecule has 2 aromatic rings. The molecule has 1 amide bonds. The van der Waals surface area contributed by atoms with Crippen LogP contribution in [0.2, 0.25) is 0 Å². The van der Waals surface area contributed by atoms with Gasteiger partial charge in [0.2, 0.25) is 6.41 Å². The summed E-state index contributed by atoms with van der Waals surface area (Å²) in [6.07, 6.45) is 3.19. The first-order valence-corrected chi connectivity index (χ1v) is 13.9. The third-order valence-electron chi connectivity index (χ3n) is 6.15. The summed E-state index contributed by atoms with van der Waals surface area (Å²) in [5, 5.41) is 2.60. The highest BCUT2D eigenvalue weighted by Gasteiger charge is 2.12. The molecule has 8 nitrogen and oxygen atoms in total. The Hall–Kier alpha value is -3.23. The molecule has 0 aliphatic rings. The molecule has 1 heterocycles. The number of ether oxygens (including phenoxy) is 2. The number of pyridine rings is 1.